The van der Waals surface area contributed by atoms with Gasteiger partial charge in [0.1, 0.15) is 6.10 Å². The van der Waals surface area contributed by atoms with E-state index < -0.39 is 6.10 Å². The molecule has 1 amide bonds. The molecule has 1 atom stereocenters. The molecule has 2 rings (SSSR count). The molecule has 4 nitrogen and oxygen atoms in total. The van der Waals surface area contributed by atoms with Gasteiger partial charge in [0.25, 0.3) is 0 Å². The van der Waals surface area contributed by atoms with Gasteiger partial charge in [-0.2, -0.15) is 0 Å². The topological polar surface area (TPSA) is 51.2 Å². The van der Waals surface area contributed by atoms with Crippen LogP contribution in [0.4, 0.5) is 0 Å². The fraction of sp³-hybridized carbons (Fsp3) is 0.294. The molecule has 0 saturated carbocycles. The van der Waals surface area contributed by atoms with E-state index >= 15 is 0 Å². The Bertz CT molecular complexity index is 543. The minimum absolute atomic E-state index is 0.105. The Morgan fingerprint density at radius 3 is 2.67 bits per heavy atom. The number of pyridine rings is 1. The van der Waals surface area contributed by atoms with E-state index in [9.17, 15) is 4.79 Å². The lowest BCUT2D eigenvalue weighted by Crippen LogP contribution is -2.34. The molecule has 0 aliphatic heterocycles. The Balaban J connectivity index is 1.68. The van der Waals surface area contributed by atoms with E-state index in [-0.39, 0.29) is 5.91 Å². The first-order valence-electron chi connectivity index (χ1n) is 7.08. The Kier molecular flexibility index (Phi) is 5.91. The van der Waals surface area contributed by atoms with Crippen LogP contribution in [-0.4, -0.2) is 23.6 Å². The number of nitrogens with one attached hydrogen (secondary N) is 1. The first kappa shape index (κ1) is 15.2. The molecule has 110 valence electrons. The molecular weight excluding hydrogens is 264 g/mol. The maximum Gasteiger partial charge on any atom is 0.249 e. The van der Waals surface area contributed by atoms with Crippen molar-refractivity contribution in [3.63, 3.8) is 0 Å². The molecule has 1 aromatic heterocycles. The maximum atomic E-state index is 11.9. The number of benzene rings is 1. The molecule has 0 saturated heterocycles. The van der Waals surface area contributed by atoms with Crippen LogP contribution in [0.3, 0.4) is 0 Å². The largest absolute Gasteiger partial charge is 0.368 e. The number of carbonyl (C=O) groups is 1. The number of amides is 1. The molecule has 1 N–H and O–H groups in total. The van der Waals surface area contributed by atoms with Crippen molar-refractivity contribution in [3.05, 3.63) is 66.0 Å². The zero-order valence-electron chi connectivity index (χ0n) is 12.2. The molecule has 0 aliphatic rings. The van der Waals surface area contributed by atoms with E-state index in [1.54, 1.807) is 19.3 Å². The zero-order chi connectivity index (χ0) is 14.9. The molecular formula is C17H20N2O2. The van der Waals surface area contributed by atoms with Crippen LogP contribution < -0.4 is 5.32 Å². The van der Waals surface area contributed by atoms with Crippen LogP contribution in [0.25, 0.3) is 0 Å². The molecule has 4 heteroatoms. The molecule has 1 aromatic carbocycles. The standard InChI is InChI=1S/C17H20N2O2/c1-14(21-11-9-15-6-3-2-4-7-15)17(20)19-13-16-8-5-10-18-12-16/h2-8,10,12,14H,9,11,13H2,1H3,(H,19,20). The highest BCUT2D eigenvalue weighted by Crippen LogP contribution is 2.02. The summed E-state index contributed by atoms with van der Waals surface area (Å²) < 4.78 is 5.57. The summed E-state index contributed by atoms with van der Waals surface area (Å²) in [5.74, 6) is -0.105. The van der Waals surface area contributed by atoms with Gasteiger partial charge in [-0.3, -0.25) is 9.78 Å². The van der Waals surface area contributed by atoms with Gasteiger partial charge >= 0.3 is 0 Å². The second kappa shape index (κ2) is 8.17. The molecule has 0 spiro atoms. The van der Waals surface area contributed by atoms with E-state index in [4.69, 9.17) is 4.74 Å². The third kappa shape index (κ3) is 5.36. The van der Waals surface area contributed by atoms with Crippen molar-refractivity contribution >= 4 is 5.91 Å². The van der Waals surface area contributed by atoms with Gasteiger partial charge in [0.15, 0.2) is 0 Å². The van der Waals surface area contributed by atoms with Crippen molar-refractivity contribution in [2.75, 3.05) is 6.61 Å². The highest BCUT2D eigenvalue weighted by atomic mass is 16.5. The normalized spacial score (nSPS) is 11.9. The minimum Gasteiger partial charge on any atom is -0.368 e. The van der Waals surface area contributed by atoms with E-state index in [1.807, 2.05) is 30.3 Å². The molecule has 0 radical (unpaired) electrons. The van der Waals surface area contributed by atoms with Crippen LogP contribution in [0.5, 0.6) is 0 Å². The number of aromatic nitrogens is 1. The van der Waals surface area contributed by atoms with Gasteiger partial charge in [-0.15, -0.1) is 0 Å². The van der Waals surface area contributed by atoms with Gasteiger partial charge in [-0.25, -0.2) is 0 Å². The fourth-order valence-corrected chi connectivity index (χ4v) is 1.91. The lowest BCUT2D eigenvalue weighted by atomic mass is 10.2. The average Bonchev–Trinajstić information content (AvgIpc) is 2.54. The SMILES string of the molecule is CC(OCCc1ccccc1)C(=O)NCc1cccnc1. The molecule has 0 fully saturated rings. The van der Waals surface area contributed by atoms with E-state index in [2.05, 4.69) is 22.4 Å². The van der Waals surface area contributed by atoms with E-state index in [1.165, 1.54) is 5.56 Å². The number of nitrogens with zero attached hydrogens (tertiary/aromatic N) is 1. The third-order valence-corrected chi connectivity index (χ3v) is 3.16. The summed E-state index contributed by atoms with van der Waals surface area (Å²) in [6.45, 7) is 2.77. The predicted molar refractivity (Wildman–Crippen MR) is 81.6 cm³/mol. The summed E-state index contributed by atoms with van der Waals surface area (Å²) in [5.41, 5.74) is 2.18. The lowest BCUT2D eigenvalue weighted by Gasteiger charge is -2.13. The number of carbonyl (C=O) groups excluding carboxylic acids is 1. The predicted octanol–water partition coefficient (Wildman–Crippen LogP) is 2.35. The van der Waals surface area contributed by atoms with Crippen molar-refractivity contribution in [1.29, 1.82) is 0 Å². The summed E-state index contributed by atoms with van der Waals surface area (Å²) in [6.07, 6.45) is 3.80. The summed E-state index contributed by atoms with van der Waals surface area (Å²) in [4.78, 5) is 15.9. The van der Waals surface area contributed by atoms with Crippen LogP contribution in [0.1, 0.15) is 18.1 Å². The van der Waals surface area contributed by atoms with Gasteiger partial charge in [-0.1, -0.05) is 36.4 Å². The van der Waals surface area contributed by atoms with Gasteiger partial charge in [0.2, 0.25) is 5.91 Å². The summed E-state index contributed by atoms with van der Waals surface area (Å²) in [6, 6.07) is 13.9. The number of ether oxygens (including phenoxy) is 1. The minimum atomic E-state index is -0.453. The second-order valence-corrected chi connectivity index (χ2v) is 4.83. The lowest BCUT2D eigenvalue weighted by molar-refractivity contribution is -0.131. The smallest absolute Gasteiger partial charge is 0.249 e. The Hall–Kier alpha value is -2.20. The zero-order valence-corrected chi connectivity index (χ0v) is 12.2. The van der Waals surface area contributed by atoms with Gasteiger partial charge < -0.3 is 10.1 Å². The third-order valence-electron chi connectivity index (χ3n) is 3.16. The summed E-state index contributed by atoms with van der Waals surface area (Å²) >= 11 is 0. The molecule has 0 bridgehead atoms. The number of hydrogen-bond acceptors (Lipinski definition) is 3. The van der Waals surface area contributed by atoms with Crippen LogP contribution in [0, 0.1) is 0 Å². The first-order valence-corrected chi connectivity index (χ1v) is 7.08. The Morgan fingerprint density at radius 1 is 1.19 bits per heavy atom. The van der Waals surface area contributed by atoms with Gasteiger partial charge in [0, 0.05) is 18.9 Å². The van der Waals surface area contributed by atoms with Crippen LogP contribution in [0.2, 0.25) is 0 Å². The second-order valence-electron chi connectivity index (χ2n) is 4.83. The molecule has 2 aromatic rings. The average molecular weight is 284 g/mol. The Morgan fingerprint density at radius 2 is 1.95 bits per heavy atom. The van der Waals surface area contributed by atoms with Crippen LogP contribution >= 0.6 is 0 Å². The van der Waals surface area contributed by atoms with Crippen molar-refractivity contribution in [2.24, 2.45) is 0 Å². The van der Waals surface area contributed by atoms with Crippen LogP contribution in [-0.2, 0) is 22.5 Å². The van der Waals surface area contributed by atoms with Crippen LogP contribution in [0.15, 0.2) is 54.9 Å². The van der Waals surface area contributed by atoms with Gasteiger partial charge in [0.05, 0.1) is 6.61 Å². The molecule has 21 heavy (non-hydrogen) atoms. The van der Waals surface area contributed by atoms with Crippen molar-refractivity contribution in [3.8, 4) is 0 Å². The number of rotatable bonds is 7. The molecule has 1 unspecified atom stereocenters. The Labute approximate surface area is 125 Å². The highest BCUT2D eigenvalue weighted by Gasteiger charge is 2.12. The summed E-state index contributed by atoms with van der Waals surface area (Å²) in [5, 5.41) is 2.84. The van der Waals surface area contributed by atoms with Crippen molar-refractivity contribution < 1.29 is 9.53 Å². The first-order chi connectivity index (χ1) is 10.3. The monoisotopic (exact) mass is 284 g/mol. The van der Waals surface area contributed by atoms with E-state index in [0.29, 0.717) is 13.2 Å². The number of hydrogen-bond donors (Lipinski definition) is 1. The van der Waals surface area contributed by atoms with Gasteiger partial charge in [-0.05, 0) is 30.5 Å². The maximum absolute atomic E-state index is 11.9. The van der Waals surface area contributed by atoms with Crippen molar-refractivity contribution in [1.82, 2.24) is 10.3 Å². The quantitative estimate of drug-likeness (QED) is 0.849. The molecule has 0 aliphatic carbocycles. The summed E-state index contributed by atoms with van der Waals surface area (Å²) in [7, 11) is 0. The molecule has 1 heterocycles. The fourth-order valence-electron chi connectivity index (χ4n) is 1.91. The van der Waals surface area contributed by atoms with Crippen molar-refractivity contribution in [2.45, 2.75) is 26.0 Å². The highest BCUT2D eigenvalue weighted by molar-refractivity contribution is 5.80. The van der Waals surface area contributed by atoms with E-state index in [0.717, 1.165) is 12.0 Å².